The van der Waals surface area contributed by atoms with E-state index in [1.165, 1.54) is 5.92 Å². The Morgan fingerprint density at radius 2 is 2.18 bits per heavy atom. The molecule has 2 spiro atoms. The zero-order chi connectivity index (χ0) is 7.65. The van der Waals surface area contributed by atoms with E-state index in [0.717, 1.165) is 28.1 Å². The fourth-order valence-corrected chi connectivity index (χ4v) is 5.73. The van der Waals surface area contributed by atoms with Crippen LogP contribution in [0.5, 0.6) is 0 Å². The fourth-order valence-electron chi connectivity index (χ4n) is 5.73. The fraction of sp³-hybridized carbons (Fsp3) is 1.00. The molecule has 5 saturated carbocycles. The molecular formula is C11H16. The van der Waals surface area contributed by atoms with Crippen molar-refractivity contribution in [3.63, 3.8) is 0 Å². The average Bonchev–Trinajstić information content (AvgIpc) is 2.67. The summed E-state index contributed by atoms with van der Waals surface area (Å²) in [7, 11) is 0. The van der Waals surface area contributed by atoms with Crippen LogP contribution < -0.4 is 0 Å². The predicted molar refractivity (Wildman–Crippen MR) is 44.0 cm³/mol. The van der Waals surface area contributed by atoms with Crippen molar-refractivity contribution in [2.75, 3.05) is 0 Å². The minimum Gasteiger partial charge on any atom is -0.0628 e. The summed E-state index contributed by atoms with van der Waals surface area (Å²) in [4.78, 5) is 0. The third-order valence-electron chi connectivity index (χ3n) is 5.70. The molecule has 0 aromatic heterocycles. The van der Waals surface area contributed by atoms with Crippen molar-refractivity contribution in [1.29, 1.82) is 0 Å². The minimum absolute atomic E-state index is 0.945. The molecule has 0 radical (unpaired) electrons. The summed E-state index contributed by atoms with van der Waals surface area (Å²) in [6.07, 6.45) is 3.17. The van der Waals surface area contributed by atoms with Crippen LogP contribution in [-0.4, -0.2) is 0 Å². The van der Waals surface area contributed by atoms with Gasteiger partial charge in [-0.05, 0) is 46.8 Å². The molecule has 5 aliphatic rings. The summed E-state index contributed by atoms with van der Waals surface area (Å²) < 4.78 is 0. The molecule has 0 N–H and O–H groups in total. The van der Waals surface area contributed by atoms with Crippen LogP contribution in [0.15, 0.2) is 0 Å². The van der Waals surface area contributed by atoms with Crippen LogP contribution in [-0.2, 0) is 0 Å². The lowest BCUT2D eigenvalue weighted by molar-refractivity contribution is 0.0730. The maximum Gasteiger partial charge on any atom is -0.0104 e. The molecule has 0 aromatic rings. The molecule has 0 aromatic carbocycles. The summed E-state index contributed by atoms with van der Waals surface area (Å²) in [5.41, 5.74) is 2.95. The Labute approximate surface area is 68.4 Å². The number of hydrogen-bond donors (Lipinski definition) is 0. The lowest BCUT2D eigenvalue weighted by Crippen LogP contribution is -2.34. The third kappa shape index (κ3) is 0.228. The molecule has 5 aliphatic carbocycles. The van der Waals surface area contributed by atoms with Crippen LogP contribution >= 0.6 is 0 Å². The number of hydrogen-bond acceptors (Lipinski definition) is 0. The second kappa shape index (κ2) is 0.963. The van der Waals surface area contributed by atoms with Gasteiger partial charge in [-0.2, -0.15) is 0 Å². The van der Waals surface area contributed by atoms with E-state index in [2.05, 4.69) is 20.8 Å². The molecule has 0 saturated heterocycles. The average molecular weight is 148 g/mol. The summed E-state index contributed by atoms with van der Waals surface area (Å²) in [5.74, 6) is 3.36. The molecule has 2 bridgehead atoms. The van der Waals surface area contributed by atoms with Crippen LogP contribution in [0.25, 0.3) is 0 Å². The van der Waals surface area contributed by atoms with Crippen molar-refractivity contribution in [1.82, 2.24) is 0 Å². The molecule has 60 valence electrons. The van der Waals surface area contributed by atoms with Gasteiger partial charge in [0.2, 0.25) is 0 Å². The molecule has 0 aliphatic heterocycles. The Balaban J connectivity index is 1.64. The minimum atomic E-state index is 0.945. The highest BCUT2D eigenvalue weighted by Gasteiger charge is 3.24. The van der Waals surface area contributed by atoms with E-state index in [9.17, 15) is 0 Å². The van der Waals surface area contributed by atoms with Crippen LogP contribution in [0.1, 0.15) is 33.6 Å². The highest BCUT2D eigenvalue weighted by Crippen LogP contribution is 3.27. The van der Waals surface area contributed by atoms with Gasteiger partial charge in [-0.1, -0.05) is 20.8 Å². The lowest BCUT2D eigenvalue weighted by Gasteiger charge is -2.41. The highest BCUT2D eigenvalue weighted by atomic mass is 15.3. The molecular weight excluding hydrogens is 132 g/mol. The van der Waals surface area contributed by atoms with E-state index in [1.54, 1.807) is 12.8 Å². The smallest absolute Gasteiger partial charge is 0.0104 e. The topological polar surface area (TPSA) is 0 Å². The molecule has 0 heterocycles. The van der Waals surface area contributed by atoms with E-state index in [0.29, 0.717) is 0 Å². The largest absolute Gasteiger partial charge is 0.0628 e. The first-order valence-corrected chi connectivity index (χ1v) is 5.14. The monoisotopic (exact) mass is 148 g/mol. The predicted octanol–water partition coefficient (Wildman–Crippen LogP) is 2.69. The molecule has 5 atom stereocenters. The van der Waals surface area contributed by atoms with Crippen molar-refractivity contribution in [3.05, 3.63) is 0 Å². The molecule has 0 nitrogen and oxygen atoms in total. The molecule has 0 heteroatoms. The molecule has 5 unspecified atom stereocenters. The maximum atomic E-state index is 2.49. The Morgan fingerprint density at radius 3 is 2.45 bits per heavy atom. The van der Waals surface area contributed by atoms with Crippen LogP contribution in [0, 0.1) is 34.0 Å². The standard InChI is InChI=1S/C11H16/c1-6(2)4-9-5-10-7(3)11(9,10)8(9)10/h6-8H,4-5H2,1-3H3. The van der Waals surface area contributed by atoms with Crippen LogP contribution in [0.4, 0.5) is 0 Å². The van der Waals surface area contributed by atoms with E-state index in [4.69, 9.17) is 0 Å². The van der Waals surface area contributed by atoms with E-state index < -0.39 is 0 Å². The summed E-state index contributed by atoms with van der Waals surface area (Å²) in [6.45, 7) is 7.26. The second-order valence-corrected chi connectivity index (χ2v) is 5.99. The first-order chi connectivity index (χ1) is 5.14. The second-order valence-electron chi connectivity index (χ2n) is 5.99. The van der Waals surface area contributed by atoms with Gasteiger partial charge in [0, 0.05) is 0 Å². The summed E-state index contributed by atoms with van der Waals surface area (Å²) in [6, 6.07) is 0. The molecule has 0 amide bonds. The Kier molecular flexibility index (Phi) is 0.491. The third-order valence-corrected chi connectivity index (χ3v) is 5.70. The Hall–Kier alpha value is 0. The van der Waals surface area contributed by atoms with E-state index in [-0.39, 0.29) is 0 Å². The van der Waals surface area contributed by atoms with Gasteiger partial charge in [-0.3, -0.25) is 0 Å². The zero-order valence-electron chi connectivity index (χ0n) is 7.65. The van der Waals surface area contributed by atoms with Gasteiger partial charge in [-0.15, -0.1) is 0 Å². The zero-order valence-corrected chi connectivity index (χ0v) is 7.65. The normalized spacial score (nSPS) is 78.5. The highest BCUT2D eigenvalue weighted by molar-refractivity contribution is 5.70. The quantitative estimate of drug-likeness (QED) is 0.565. The van der Waals surface area contributed by atoms with Crippen LogP contribution in [0.2, 0.25) is 0 Å². The molecule has 5 rings (SSSR count). The molecule has 11 heavy (non-hydrogen) atoms. The Morgan fingerprint density at radius 1 is 1.45 bits per heavy atom. The van der Waals surface area contributed by atoms with Gasteiger partial charge in [-0.25, -0.2) is 0 Å². The van der Waals surface area contributed by atoms with E-state index in [1.807, 2.05) is 0 Å². The SMILES string of the molecule is CC(C)CC12CC34C(C)C13C24. The van der Waals surface area contributed by atoms with Crippen molar-refractivity contribution in [2.45, 2.75) is 33.6 Å². The van der Waals surface area contributed by atoms with Gasteiger partial charge < -0.3 is 0 Å². The van der Waals surface area contributed by atoms with E-state index >= 15 is 0 Å². The van der Waals surface area contributed by atoms with Crippen LogP contribution in [0.3, 0.4) is 0 Å². The first-order valence-electron chi connectivity index (χ1n) is 5.14. The maximum absolute atomic E-state index is 2.49. The lowest BCUT2D eigenvalue weighted by atomic mass is 9.63. The van der Waals surface area contributed by atoms with Crippen molar-refractivity contribution < 1.29 is 0 Å². The first kappa shape index (κ1) is 5.61. The van der Waals surface area contributed by atoms with Gasteiger partial charge >= 0.3 is 0 Å². The molecule has 5 fully saturated rings. The van der Waals surface area contributed by atoms with Crippen molar-refractivity contribution in [3.8, 4) is 0 Å². The summed E-state index contributed by atoms with van der Waals surface area (Å²) >= 11 is 0. The van der Waals surface area contributed by atoms with Gasteiger partial charge in [0.1, 0.15) is 0 Å². The van der Waals surface area contributed by atoms with Gasteiger partial charge in [0.05, 0.1) is 0 Å². The Bertz CT molecular complexity index is 280. The van der Waals surface area contributed by atoms with Crippen molar-refractivity contribution in [2.24, 2.45) is 34.0 Å². The number of rotatable bonds is 2. The van der Waals surface area contributed by atoms with Gasteiger partial charge in [0.25, 0.3) is 0 Å². The summed E-state index contributed by atoms with van der Waals surface area (Å²) in [5, 5.41) is 0. The van der Waals surface area contributed by atoms with Gasteiger partial charge in [0.15, 0.2) is 0 Å². The van der Waals surface area contributed by atoms with Crippen molar-refractivity contribution >= 4 is 0 Å².